The zero-order valence-corrected chi connectivity index (χ0v) is 42.1. The molecule has 2 atom stereocenters. The minimum Gasteiger partial charge on any atom is -0.296 e. The lowest BCUT2D eigenvalue weighted by Crippen LogP contribution is -2.38. The quantitative estimate of drug-likeness (QED) is 0.0984. The van der Waals surface area contributed by atoms with Gasteiger partial charge in [-0.3, -0.25) is 23.2 Å². The minimum absolute atomic E-state index is 0.166. The molecule has 0 aromatic heterocycles. The van der Waals surface area contributed by atoms with Crippen molar-refractivity contribution in [2.45, 2.75) is 32.4 Å². The third kappa shape index (κ3) is 8.01. The second-order valence-electron chi connectivity index (χ2n) is 18.6. The van der Waals surface area contributed by atoms with Crippen molar-refractivity contribution in [2.24, 2.45) is 0 Å². The van der Waals surface area contributed by atoms with Gasteiger partial charge in [0.25, 0.3) is 30.4 Å². The molecule has 0 fully saturated rings. The zero-order valence-electron chi connectivity index (χ0n) is 39.6. The summed E-state index contributed by atoms with van der Waals surface area (Å²) < 4.78 is 104. The first-order chi connectivity index (χ1) is 35.8. The molecule has 11 rings (SSSR count). The predicted octanol–water partition coefficient (Wildman–Crippen LogP) is 11.3. The molecule has 3 aliphatic rings. The maximum Gasteiger partial charge on any atom is 0.294 e. The van der Waals surface area contributed by atoms with Crippen molar-refractivity contribution >= 4 is 80.9 Å². The first-order valence-corrected chi connectivity index (χ1v) is 27.8. The van der Waals surface area contributed by atoms with Gasteiger partial charge in [-0.15, -0.1) is 0 Å². The molecule has 0 heterocycles. The molecule has 0 unspecified atom stereocenters. The molecule has 370 valence electrons. The molecule has 8 aromatic rings. The van der Waals surface area contributed by atoms with Gasteiger partial charge in [-0.1, -0.05) is 188 Å². The maximum atomic E-state index is 16.6. The molecule has 0 saturated carbocycles. The smallest absolute Gasteiger partial charge is 0.294 e. The van der Waals surface area contributed by atoms with E-state index in [9.17, 15) is 38.9 Å². The van der Waals surface area contributed by atoms with Gasteiger partial charge in [0.05, 0.1) is 14.7 Å². The number of benzene rings is 8. The standard InChI is InChI=1S/C61H42O11S3/c1-38-17-27-46(28-18-38)60-37-51(39-11-5-2-6-12-39)61(59(60)63,47-29-35-50(36-30-47)75(70,71)72)57(56(60)44-15-9-4-10-16-44)45-21-19-41(20-22-45)53-52(40-13-7-3-8-14-40)54(42-23-31-48(32-24-42)73(64,65)66)58(62)55(53)43-25-33-49(34-26-43)74(67,68)69/h2-37H,1H3,(H,64,65,66)(H,67,68,69)(H,70,71,72)/t60-,61-/m0/s1. The number of allylic oxidation sites excluding steroid dienone is 8. The summed E-state index contributed by atoms with van der Waals surface area (Å²) >= 11 is 0. The summed E-state index contributed by atoms with van der Waals surface area (Å²) in [6.45, 7) is 1.97. The maximum absolute atomic E-state index is 16.6. The fourth-order valence-electron chi connectivity index (χ4n) is 11.1. The van der Waals surface area contributed by atoms with E-state index in [2.05, 4.69) is 0 Å². The van der Waals surface area contributed by atoms with Gasteiger partial charge < -0.3 is 0 Å². The highest BCUT2D eigenvalue weighted by Crippen LogP contribution is 2.69. The summed E-state index contributed by atoms with van der Waals surface area (Å²) in [7, 11) is -13.9. The van der Waals surface area contributed by atoms with Crippen LogP contribution in [0.4, 0.5) is 0 Å². The molecule has 3 N–H and O–H groups in total. The largest absolute Gasteiger partial charge is 0.296 e. The van der Waals surface area contributed by atoms with Gasteiger partial charge in [-0.25, -0.2) is 0 Å². The summed E-state index contributed by atoms with van der Waals surface area (Å²) in [6.07, 6.45) is 2.03. The molecule has 2 bridgehead atoms. The lowest BCUT2D eigenvalue weighted by atomic mass is 9.65. The Hall–Kier alpha value is -8.21. The first-order valence-electron chi connectivity index (χ1n) is 23.5. The van der Waals surface area contributed by atoms with Crippen molar-refractivity contribution in [2.75, 3.05) is 0 Å². The van der Waals surface area contributed by atoms with Crippen LogP contribution in [0, 0.1) is 6.92 Å². The van der Waals surface area contributed by atoms with Gasteiger partial charge in [0.1, 0.15) is 10.8 Å². The summed E-state index contributed by atoms with van der Waals surface area (Å²) in [5, 5.41) is 0. The average Bonchev–Trinajstić information content (AvgIpc) is 3.96. The zero-order chi connectivity index (χ0) is 52.7. The van der Waals surface area contributed by atoms with Gasteiger partial charge >= 0.3 is 0 Å². The van der Waals surface area contributed by atoms with Crippen molar-refractivity contribution in [1.82, 2.24) is 0 Å². The van der Waals surface area contributed by atoms with Crippen LogP contribution in [0.1, 0.15) is 55.6 Å². The Bertz CT molecular complexity index is 4150. The number of carbonyl (C=O) groups is 2. The molecule has 0 aliphatic heterocycles. The Balaban J connectivity index is 1.22. The number of aryl methyl sites for hydroxylation is 1. The normalized spacial score (nSPS) is 18.8. The summed E-state index contributed by atoms with van der Waals surface area (Å²) in [5.74, 6) is -0.682. The molecule has 11 nitrogen and oxygen atoms in total. The van der Waals surface area contributed by atoms with Gasteiger partial charge in [0.15, 0.2) is 11.6 Å². The van der Waals surface area contributed by atoms with Crippen LogP contribution in [0.5, 0.6) is 0 Å². The van der Waals surface area contributed by atoms with Crippen LogP contribution in [-0.4, -0.2) is 50.5 Å². The fraction of sp³-hybridized carbons (Fsp3) is 0.0492. The highest BCUT2D eigenvalue weighted by atomic mass is 32.2. The van der Waals surface area contributed by atoms with E-state index >= 15 is 9.59 Å². The Morgan fingerprint density at radius 1 is 0.347 bits per heavy atom. The van der Waals surface area contributed by atoms with Crippen LogP contribution in [0.15, 0.2) is 233 Å². The molecule has 8 aromatic carbocycles. The van der Waals surface area contributed by atoms with E-state index < -0.39 is 51.9 Å². The van der Waals surface area contributed by atoms with Gasteiger partial charge in [-0.2, -0.15) is 25.3 Å². The van der Waals surface area contributed by atoms with Crippen molar-refractivity contribution in [3.63, 3.8) is 0 Å². The van der Waals surface area contributed by atoms with Crippen LogP contribution >= 0.6 is 0 Å². The number of ketones is 2. The Morgan fingerprint density at radius 2 is 0.680 bits per heavy atom. The van der Waals surface area contributed by atoms with Crippen molar-refractivity contribution in [3.8, 4) is 0 Å². The lowest BCUT2D eigenvalue weighted by molar-refractivity contribution is -0.122. The van der Waals surface area contributed by atoms with E-state index in [0.29, 0.717) is 66.8 Å². The second-order valence-corrected chi connectivity index (χ2v) is 22.8. The molecular weight excluding hydrogens is 1000 g/mol. The van der Waals surface area contributed by atoms with Crippen LogP contribution < -0.4 is 0 Å². The highest BCUT2D eigenvalue weighted by molar-refractivity contribution is 7.86. The Labute approximate surface area is 433 Å². The molecule has 0 amide bonds. The van der Waals surface area contributed by atoms with E-state index in [1.165, 1.54) is 60.7 Å². The number of rotatable bonds is 12. The SMILES string of the molecule is Cc1ccc([C@]23C=C(c4ccccc4)[C@](c4ccc(S(=O)(=O)O)cc4)(C2=O)C(c2ccc(C4=C(c5ccc(S(=O)(=O)O)cc5)C(=O)C(c5ccc(S(=O)(=O)O)cc5)=C4c4ccccc4)cc2)=C3c2ccccc2)cc1. The van der Waals surface area contributed by atoms with Crippen molar-refractivity contribution in [3.05, 3.63) is 274 Å². The van der Waals surface area contributed by atoms with E-state index in [0.717, 1.165) is 16.7 Å². The molecule has 0 saturated heterocycles. The fourth-order valence-corrected chi connectivity index (χ4v) is 12.5. The number of Topliss-reactive ketones (excluding diaryl/α,β-unsaturated/α-hetero) is 2. The summed E-state index contributed by atoms with van der Waals surface area (Å²) in [4.78, 5) is 30.8. The lowest BCUT2D eigenvalue weighted by Gasteiger charge is -2.35. The topological polar surface area (TPSA) is 197 Å². The van der Waals surface area contributed by atoms with Crippen LogP contribution in [0.3, 0.4) is 0 Å². The van der Waals surface area contributed by atoms with Gasteiger partial charge in [0.2, 0.25) is 0 Å². The molecule has 3 aliphatic carbocycles. The number of hydrogen-bond acceptors (Lipinski definition) is 8. The average molecular weight is 1050 g/mol. The molecule has 75 heavy (non-hydrogen) atoms. The van der Waals surface area contributed by atoms with E-state index in [4.69, 9.17) is 0 Å². The van der Waals surface area contributed by atoms with Crippen LogP contribution in [-0.2, 0) is 50.8 Å². The monoisotopic (exact) mass is 1050 g/mol. The Morgan fingerprint density at radius 3 is 1.12 bits per heavy atom. The summed E-state index contributed by atoms with van der Waals surface area (Å²) in [6, 6.07) is 59.7. The second kappa shape index (κ2) is 18.0. The highest BCUT2D eigenvalue weighted by Gasteiger charge is 2.68. The number of carbonyl (C=O) groups excluding carboxylic acids is 2. The van der Waals surface area contributed by atoms with E-state index in [1.807, 2.05) is 140 Å². The third-order valence-electron chi connectivity index (χ3n) is 14.3. The molecular formula is C61H42O11S3. The molecule has 0 spiro atoms. The Kier molecular flexibility index (Phi) is 11.8. The van der Waals surface area contributed by atoms with Gasteiger partial charge in [0, 0.05) is 22.3 Å². The number of fused-ring (bicyclic) bond motifs is 2. The molecule has 14 heteroatoms. The first kappa shape index (κ1) is 49.0. The minimum atomic E-state index is -4.64. The van der Waals surface area contributed by atoms with E-state index in [1.54, 1.807) is 24.3 Å². The predicted molar refractivity (Wildman–Crippen MR) is 288 cm³/mol. The summed E-state index contributed by atoms with van der Waals surface area (Å²) in [5.41, 5.74) is 6.23. The van der Waals surface area contributed by atoms with Crippen LogP contribution in [0.25, 0.3) is 39.0 Å². The third-order valence-corrected chi connectivity index (χ3v) is 16.9. The number of hydrogen-bond donors (Lipinski definition) is 3. The van der Waals surface area contributed by atoms with E-state index in [-0.39, 0.29) is 26.7 Å². The van der Waals surface area contributed by atoms with Crippen molar-refractivity contribution in [1.29, 1.82) is 0 Å². The molecule has 0 radical (unpaired) electrons. The van der Waals surface area contributed by atoms with Gasteiger partial charge in [-0.05, 0) is 110 Å². The van der Waals surface area contributed by atoms with Crippen molar-refractivity contribution < 1.29 is 48.5 Å². The van der Waals surface area contributed by atoms with Crippen LogP contribution in [0.2, 0.25) is 0 Å².